The molecule has 2 amide bonds. The number of rotatable bonds is 7. The van der Waals surface area contributed by atoms with Crippen LogP contribution in [0.25, 0.3) is 17.0 Å². The number of ether oxygens (including phenoxy) is 1. The van der Waals surface area contributed by atoms with E-state index in [2.05, 4.69) is 9.97 Å². The number of methoxy groups -OCH3 is 1. The van der Waals surface area contributed by atoms with Crippen molar-refractivity contribution in [2.24, 2.45) is 5.73 Å². The van der Waals surface area contributed by atoms with E-state index >= 15 is 0 Å². The Morgan fingerprint density at radius 2 is 2.06 bits per heavy atom. The molecule has 0 saturated carbocycles. The average molecular weight is 474 g/mol. The molecule has 0 radical (unpaired) electrons. The minimum atomic E-state index is -0.471. The zero-order valence-corrected chi connectivity index (χ0v) is 19.3. The fourth-order valence-corrected chi connectivity index (χ4v) is 4.03. The van der Waals surface area contributed by atoms with Crippen LogP contribution in [0.15, 0.2) is 54.9 Å². The summed E-state index contributed by atoms with van der Waals surface area (Å²) in [6, 6.07) is 12.7. The number of nitrogens with one attached hydrogen (secondary N) is 1. The summed E-state index contributed by atoms with van der Waals surface area (Å²) >= 11 is 0. The van der Waals surface area contributed by atoms with Gasteiger partial charge in [-0.05, 0) is 35.4 Å². The number of benzene rings is 2. The number of carbonyl (C=O) groups excluding carboxylic acids is 2. The number of nitrogens with two attached hydrogens (primary N) is 2. The molecule has 1 atom stereocenters. The van der Waals surface area contributed by atoms with E-state index < -0.39 is 6.23 Å². The number of hydrogen-bond acceptors (Lipinski definition) is 7. The first-order chi connectivity index (χ1) is 16.9. The number of nitrogen functional groups attached to an aromatic ring is 2. The molecule has 10 heteroatoms. The van der Waals surface area contributed by atoms with Crippen molar-refractivity contribution in [2.75, 3.05) is 32.5 Å². The van der Waals surface area contributed by atoms with E-state index in [0.29, 0.717) is 30.9 Å². The van der Waals surface area contributed by atoms with E-state index in [1.807, 2.05) is 24.3 Å². The molecule has 5 N–H and O–H groups in total. The standard InChI is InChI=1S/C25H27N7O3/c1-35-23(13-17-5-7-19-20(12-17)29-15-30-25(19)28)32-10-9-31(14-22(32)34)21(33)8-6-16-3-2-4-18(11-16)24(26)27/h2-8,11-12,15,23H,9-10,13-14H2,1H3,(H3,26,27)(H2,28,29,30). The molecule has 1 fully saturated rings. The lowest BCUT2D eigenvalue weighted by Gasteiger charge is -2.38. The topological polar surface area (TPSA) is 152 Å². The lowest BCUT2D eigenvalue weighted by atomic mass is 10.1. The molecule has 1 unspecified atom stereocenters. The van der Waals surface area contributed by atoms with E-state index in [-0.39, 0.29) is 24.2 Å². The van der Waals surface area contributed by atoms with Crippen LogP contribution in [0.2, 0.25) is 0 Å². The van der Waals surface area contributed by atoms with E-state index in [9.17, 15) is 9.59 Å². The lowest BCUT2D eigenvalue weighted by molar-refractivity contribution is -0.154. The van der Waals surface area contributed by atoms with E-state index in [1.54, 1.807) is 36.3 Å². The second kappa shape index (κ2) is 10.3. The molecule has 2 aromatic carbocycles. The number of piperazine rings is 1. The minimum Gasteiger partial charge on any atom is -0.384 e. The summed E-state index contributed by atoms with van der Waals surface area (Å²) in [6.07, 6.45) is 4.51. The Hall–Kier alpha value is -4.31. The molecule has 10 nitrogen and oxygen atoms in total. The number of amides is 2. The lowest BCUT2D eigenvalue weighted by Crippen LogP contribution is -2.56. The number of carbonyl (C=O) groups is 2. The third-order valence-electron chi connectivity index (χ3n) is 5.95. The molecule has 0 aliphatic carbocycles. The second-order valence-electron chi connectivity index (χ2n) is 8.22. The van der Waals surface area contributed by atoms with Crippen LogP contribution < -0.4 is 11.5 Å². The zero-order valence-electron chi connectivity index (χ0n) is 19.3. The second-order valence-corrected chi connectivity index (χ2v) is 8.22. The Bertz CT molecular complexity index is 1310. The first-order valence-electron chi connectivity index (χ1n) is 11.1. The van der Waals surface area contributed by atoms with Gasteiger partial charge in [-0.1, -0.05) is 24.3 Å². The van der Waals surface area contributed by atoms with Crippen LogP contribution in [0.4, 0.5) is 5.82 Å². The highest BCUT2D eigenvalue weighted by molar-refractivity contribution is 5.97. The summed E-state index contributed by atoms with van der Waals surface area (Å²) in [7, 11) is 1.56. The number of fused-ring (bicyclic) bond motifs is 1. The number of nitrogens with zero attached hydrogens (tertiary/aromatic N) is 4. The van der Waals surface area contributed by atoms with Gasteiger partial charge in [0.25, 0.3) is 0 Å². The SMILES string of the molecule is COC(Cc1ccc2c(N)ncnc2c1)N1CCN(C(=O)C=Cc2cccc(C(=N)N)c2)CC1=O. The Kier molecular flexibility index (Phi) is 7.02. The largest absolute Gasteiger partial charge is 0.384 e. The van der Waals surface area contributed by atoms with Gasteiger partial charge in [0.05, 0.1) is 5.52 Å². The van der Waals surface area contributed by atoms with Crippen LogP contribution in [0.1, 0.15) is 16.7 Å². The molecule has 1 aromatic heterocycles. The summed E-state index contributed by atoms with van der Waals surface area (Å²) in [6.45, 7) is 0.723. The Labute approximate surface area is 202 Å². The van der Waals surface area contributed by atoms with Gasteiger partial charge in [0, 0.05) is 43.6 Å². The Morgan fingerprint density at radius 3 is 2.80 bits per heavy atom. The predicted octanol–water partition coefficient (Wildman–Crippen LogP) is 1.40. The summed E-state index contributed by atoms with van der Waals surface area (Å²) in [5.41, 5.74) is 14.4. The van der Waals surface area contributed by atoms with Gasteiger partial charge in [-0.3, -0.25) is 15.0 Å². The summed E-state index contributed by atoms with van der Waals surface area (Å²) < 4.78 is 5.63. The van der Waals surface area contributed by atoms with Crippen molar-refractivity contribution in [1.82, 2.24) is 19.8 Å². The van der Waals surface area contributed by atoms with Crippen LogP contribution in [0.3, 0.4) is 0 Å². The minimum absolute atomic E-state index is 0.0298. The third-order valence-corrected chi connectivity index (χ3v) is 5.95. The molecule has 2 heterocycles. The van der Waals surface area contributed by atoms with Crippen molar-refractivity contribution in [3.8, 4) is 0 Å². The maximum Gasteiger partial charge on any atom is 0.247 e. The van der Waals surface area contributed by atoms with Crippen LogP contribution in [-0.2, 0) is 20.7 Å². The molecular weight excluding hydrogens is 446 g/mol. The zero-order chi connectivity index (χ0) is 24.9. The van der Waals surface area contributed by atoms with Crippen LogP contribution in [0, 0.1) is 5.41 Å². The molecule has 1 aliphatic heterocycles. The van der Waals surface area contributed by atoms with Gasteiger partial charge in [0.2, 0.25) is 11.8 Å². The fraction of sp³-hybridized carbons (Fsp3) is 0.240. The van der Waals surface area contributed by atoms with E-state index in [1.165, 1.54) is 17.3 Å². The number of aromatic nitrogens is 2. The van der Waals surface area contributed by atoms with Gasteiger partial charge in [-0.15, -0.1) is 0 Å². The van der Waals surface area contributed by atoms with Crippen LogP contribution in [0.5, 0.6) is 0 Å². The van der Waals surface area contributed by atoms with Crippen molar-refractivity contribution < 1.29 is 14.3 Å². The maximum absolute atomic E-state index is 12.9. The van der Waals surface area contributed by atoms with Crippen molar-refractivity contribution in [3.05, 3.63) is 71.6 Å². The smallest absolute Gasteiger partial charge is 0.247 e. The number of amidine groups is 1. The molecule has 4 rings (SSSR count). The normalized spacial score (nSPS) is 15.1. The van der Waals surface area contributed by atoms with Gasteiger partial charge in [0.1, 0.15) is 30.8 Å². The van der Waals surface area contributed by atoms with E-state index in [0.717, 1.165) is 22.0 Å². The van der Waals surface area contributed by atoms with Gasteiger partial charge in [0.15, 0.2) is 0 Å². The highest BCUT2D eigenvalue weighted by Gasteiger charge is 2.31. The summed E-state index contributed by atoms with van der Waals surface area (Å²) in [4.78, 5) is 37.0. The third kappa shape index (κ3) is 5.44. The predicted molar refractivity (Wildman–Crippen MR) is 133 cm³/mol. The van der Waals surface area contributed by atoms with Crippen LogP contribution >= 0.6 is 0 Å². The monoisotopic (exact) mass is 473 g/mol. The molecular formula is C25H27N7O3. The quantitative estimate of drug-likeness (QED) is 0.266. The Balaban J connectivity index is 1.39. The molecule has 1 aliphatic rings. The van der Waals surface area contributed by atoms with Crippen molar-refractivity contribution in [2.45, 2.75) is 12.6 Å². The fourth-order valence-electron chi connectivity index (χ4n) is 4.03. The number of anilines is 1. The average Bonchev–Trinajstić information content (AvgIpc) is 2.86. The maximum atomic E-state index is 12.9. The molecule has 180 valence electrons. The number of hydrogen-bond donors (Lipinski definition) is 3. The highest BCUT2D eigenvalue weighted by atomic mass is 16.5. The van der Waals surface area contributed by atoms with Gasteiger partial charge >= 0.3 is 0 Å². The summed E-state index contributed by atoms with van der Waals surface area (Å²) in [5.74, 6) is -0.0636. The van der Waals surface area contributed by atoms with E-state index in [4.69, 9.17) is 21.6 Å². The molecule has 3 aromatic rings. The highest BCUT2D eigenvalue weighted by Crippen LogP contribution is 2.21. The van der Waals surface area contributed by atoms with Crippen molar-refractivity contribution in [3.63, 3.8) is 0 Å². The van der Waals surface area contributed by atoms with Crippen molar-refractivity contribution >= 4 is 40.4 Å². The van der Waals surface area contributed by atoms with Gasteiger partial charge in [-0.2, -0.15) is 0 Å². The van der Waals surface area contributed by atoms with Crippen molar-refractivity contribution in [1.29, 1.82) is 5.41 Å². The molecule has 0 bridgehead atoms. The Morgan fingerprint density at radius 1 is 1.23 bits per heavy atom. The van der Waals surface area contributed by atoms with Crippen LogP contribution in [-0.4, -0.2) is 70.4 Å². The first-order valence-corrected chi connectivity index (χ1v) is 11.1. The first kappa shape index (κ1) is 23.8. The molecule has 1 saturated heterocycles. The van der Waals surface area contributed by atoms with Gasteiger partial charge < -0.3 is 26.0 Å². The molecule has 0 spiro atoms. The summed E-state index contributed by atoms with van der Waals surface area (Å²) in [5, 5.41) is 8.30. The molecule has 35 heavy (non-hydrogen) atoms. The van der Waals surface area contributed by atoms with Gasteiger partial charge in [-0.25, -0.2) is 9.97 Å².